The molecule has 1 aromatic carbocycles. The number of H-pyrrole nitrogens is 1. The SMILES string of the molecule is CC1CCCC(=Nc2cc(C(C)C)[nH]n2)N=C2C1=NCCN2Cc1c(F)ccc(F)c1Cl. The molecule has 2 aromatic rings. The molecule has 0 radical (unpaired) electrons. The number of halogens is 3. The Kier molecular flexibility index (Phi) is 6.69. The van der Waals surface area contributed by atoms with E-state index in [1.165, 1.54) is 0 Å². The fourth-order valence-electron chi connectivity index (χ4n) is 3.97. The summed E-state index contributed by atoms with van der Waals surface area (Å²) < 4.78 is 28.5. The average Bonchev–Trinajstić information content (AvgIpc) is 3.22. The molecule has 1 atom stereocenters. The Morgan fingerprint density at radius 3 is 2.81 bits per heavy atom. The van der Waals surface area contributed by atoms with Gasteiger partial charge in [0.2, 0.25) is 0 Å². The van der Waals surface area contributed by atoms with Gasteiger partial charge in [0.25, 0.3) is 0 Å². The lowest BCUT2D eigenvalue weighted by atomic mass is 9.94. The maximum Gasteiger partial charge on any atom is 0.175 e. The summed E-state index contributed by atoms with van der Waals surface area (Å²) in [5.41, 5.74) is 2.01. The van der Waals surface area contributed by atoms with E-state index in [2.05, 4.69) is 36.0 Å². The third-order valence-electron chi connectivity index (χ3n) is 5.86. The molecule has 170 valence electrons. The molecular weight excluding hydrogens is 434 g/mol. The Hall–Kier alpha value is -2.61. The fraction of sp³-hybridized carbons (Fsp3) is 0.478. The fourth-order valence-corrected chi connectivity index (χ4v) is 4.18. The monoisotopic (exact) mass is 460 g/mol. The van der Waals surface area contributed by atoms with Gasteiger partial charge in [-0.05, 0) is 30.9 Å². The Labute approximate surface area is 191 Å². The van der Waals surface area contributed by atoms with Crippen molar-refractivity contribution in [1.29, 1.82) is 0 Å². The third-order valence-corrected chi connectivity index (χ3v) is 6.27. The number of nitrogens with zero attached hydrogens (tertiary/aromatic N) is 5. The zero-order chi connectivity index (χ0) is 22.8. The number of hydrogen-bond donors (Lipinski definition) is 1. The van der Waals surface area contributed by atoms with E-state index < -0.39 is 11.6 Å². The molecule has 0 spiro atoms. The van der Waals surface area contributed by atoms with Gasteiger partial charge in [0.1, 0.15) is 17.5 Å². The van der Waals surface area contributed by atoms with Crippen LogP contribution in [0.3, 0.4) is 0 Å². The van der Waals surface area contributed by atoms with Crippen molar-refractivity contribution in [3.63, 3.8) is 0 Å². The van der Waals surface area contributed by atoms with Crippen molar-refractivity contribution in [1.82, 2.24) is 15.1 Å². The summed E-state index contributed by atoms with van der Waals surface area (Å²) in [5, 5.41) is 7.11. The van der Waals surface area contributed by atoms with E-state index in [9.17, 15) is 8.78 Å². The maximum atomic E-state index is 14.5. The smallest absolute Gasteiger partial charge is 0.175 e. The van der Waals surface area contributed by atoms with Gasteiger partial charge < -0.3 is 4.90 Å². The third kappa shape index (κ3) is 4.75. The maximum absolute atomic E-state index is 14.5. The normalized spacial score (nSPS) is 20.7. The number of nitrogens with one attached hydrogen (secondary N) is 1. The van der Waals surface area contributed by atoms with E-state index >= 15 is 0 Å². The molecule has 1 N–H and O–H groups in total. The predicted molar refractivity (Wildman–Crippen MR) is 124 cm³/mol. The van der Waals surface area contributed by atoms with Crippen LogP contribution in [0.1, 0.15) is 57.2 Å². The second-order valence-corrected chi connectivity index (χ2v) is 8.98. The van der Waals surface area contributed by atoms with E-state index in [-0.39, 0.29) is 23.0 Å². The first-order valence-corrected chi connectivity index (χ1v) is 11.3. The highest BCUT2D eigenvalue weighted by Gasteiger charge is 2.29. The average molecular weight is 461 g/mol. The van der Waals surface area contributed by atoms with Crippen LogP contribution < -0.4 is 0 Å². The minimum Gasteiger partial charge on any atom is -0.349 e. The molecule has 2 aliphatic heterocycles. The minimum absolute atomic E-state index is 0.111. The number of fused-ring (bicyclic) bond motifs is 1. The largest absolute Gasteiger partial charge is 0.349 e. The summed E-state index contributed by atoms with van der Waals surface area (Å²) in [7, 11) is 0. The standard InChI is InChI=1S/C23H27ClF2N6/c1-13(2)18-11-20(31-30-18)28-19-6-4-5-14(3)22-23(29-19)32(10-9-27-22)12-15-16(25)7-8-17(26)21(15)24/h7-8,11,13-14H,4-6,9-10,12H2,1-3H3,(H,30,31). The zero-order valence-electron chi connectivity index (χ0n) is 18.5. The van der Waals surface area contributed by atoms with Gasteiger partial charge in [-0.3, -0.25) is 10.1 Å². The summed E-state index contributed by atoms with van der Waals surface area (Å²) in [6.07, 6.45) is 2.58. The molecule has 6 nitrogen and oxygen atoms in total. The molecule has 0 saturated carbocycles. The van der Waals surface area contributed by atoms with Crippen molar-refractivity contribution in [2.24, 2.45) is 20.9 Å². The molecule has 3 heterocycles. The van der Waals surface area contributed by atoms with Gasteiger partial charge in [0.15, 0.2) is 11.7 Å². The number of hydrogen-bond acceptors (Lipinski definition) is 4. The molecule has 2 aliphatic rings. The van der Waals surface area contributed by atoms with Gasteiger partial charge in [-0.2, -0.15) is 5.10 Å². The van der Waals surface area contributed by atoms with E-state index in [4.69, 9.17) is 21.6 Å². The zero-order valence-corrected chi connectivity index (χ0v) is 19.3. The Morgan fingerprint density at radius 2 is 2.06 bits per heavy atom. The Balaban J connectivity index is 1.72. The first-order valence-electron chi connectivity index (χ1n) is 11.0. The minimum atomic E-state index is -0.635. The summed E-state index contributed by atoms with van der Waals surface area (Å²) in [4.78, 5) is 16.2. The predicted octanol–water partition coefficient (Wildman–Crippen LogP) is 5.67. The Bertz CT molecular complexity index is 1090. The van der Waals surface area contributed by atoms with Crippen molar-refractivity contribution in [2.75, 3.05) is 13.1 Å². The van der Waals surface area contributed by atoms with Gasteiger partial charge in [-0.25, -0.2) is 18.8 Å². The van der Waals surface area contributed by atoms with Gasteiger partial charge in [-0.1, -0.05) is 32.4 Å². The molecule has 1 aromatic heterocycles. The first-order chi connectivity index (χ1) is 15.3. The van der Waals surface area contributed by atoms with Crippen molar-refractivity contribution >= 4 is 34.8 Å². The topological polar surface area (TPSA) is 69.0 Å². The number of amidine groups is 2. The number of rotatable bonds is 4. The number of aromatic nitrogens is 2. The van der Waals surface area contributed by atoms with Crippen molar-refractivity contribution in [3.05, 3.63) is 46.1 Å². The van der Waals surface area contributed by atoms with Crippen LogP contribution in [0.25, 0.3) is 0 Å². The molecule has 0 bridgehead atoms. The quantitative estimate of drug-likeness (QED) is 0.597. The molecule has 32 heavy (non-hydrogen) atoms. The lowest BCUT2D eigenvalue weighted by Crippen LogP contribution is -2.45. The molecule has 0 aliphatic carbocycles. The van der Waals surface area contributed by atoms with Crippen LogP contribution in [-0.4, -0.2) is 45.6 Å². The van der Waals surface area contributed by atoms with E-state index in [1.54, 1.807) is 0 Å². The summed E-state index contributed by atoms with van der Waals surface area (Å²) in [5.74, 6) is 1.25. The molecule has 1 unspecified atom stereocenters. The summed E-state index contributed by atoms with van der Waals surface area (Å²) >= 11 is 6.10. The van der Waals surface area contributed by atoms with Crippen molar-refractivity contribution < 1.29 is 8.78 Å². The van der Waals surface area contributed by atoms with Crippen LogP contribution in [0, 0.1) is 17.6 Å². The van der Waals surface area contributed by atoms with E-state index in [1.807, 2.05) is 11.0 Å². The van der Waals surface area contributed by atoms with Crippen LogP contribution >= 0.6 is 11.6 Å². The van der Waals surface area contributed by atoms with Gasteiger partial charge in [0, 0.05) is 42.8 Å². The number of aromatic amines is 1. The van der Waals surface area contributed by atoms with E-state index in [0.29, 0.717) is 42.9 Å². The van der Waals surface area contributed by atoms with Crippen LogP contribution in [0.2, 0.25) is 5.02 Å². The van der Waals surface area contributed by atoms with Crippen molar-refractivity contribution in [2.45, 2.75) is 52.5 Å². The molecular formula is C23H27ClF2N6. The van der Waals surface area contributed by atoms with Crippen LogP contribution in [-0.2, 0) is 6.54 Å². The lowest BCUT2D eigenvalue weighted by molar-refractivity contribution is 0.405. The van der Waals surface area contributed by atoms with Crippen LogP contribution in [0.15, 0.2) is 33.2 Å². The van der Waals surface area contributed by atoms with Gasteiger partial charge in [0.05, 0.1) is 17.3 Å². The molecule has 0 saturated heterocycles. The summed E-state index contributed by atoms with van der Waals surface area (Å²) in [6.45, 7) is 7.51. The number of aliphatic imine (C=N–C) groups is 3. The van der Waals surface area contributed by atoms with Crippen LogP contribution in [0.5, 0.6) is 0 Å². The van der Waals surface area contributed by atoms with Crippen molar-refractivity contribution in [3.8, 4) is 0 Å². The molecule has 9 heteroatoms. The second kappa shape index (κ2) is 9.48. The highest BCUT2D eigenvalue weighted by atomic mass is 35.5. The highest BCUT2D eigenvalue weighted by molar-refractivity contribution is 6.44. The first kappa shape index (κ1) is 22.6. The second-order valence-electron chi connectivity index (χ2n) is 8.60. The van der Waals surface area contributed by atoms with E-state index in [0.717, 1.165) is 36.4 Å². The van der Waals surface area contributed by atoms with Crippen LogP contribution in [0.4, 0.5) is 14.6 Å². The lowest BCUT2D eigenvalue weighted by Gasteiger charge is -2.33. The highest BCUT2D eigenvalue weighted by Crippen LogP contribution is 2.27. The molecule has 0 fully saturated rings. The number of benzene rings is 1. The summed E-state index contributed by atoms with van der Waals surface area (Å²) in [6, 6.07) is 4.07. The van der Waals surface area contributed by atoms with Gasteiger partial charge in [-0.15, -0.1) is 0 Å². The molecule has 0 amide bonds. The van der Waals surface area contributed by atoms with Gasteiger partial charge >= 0.3 is 0 Å². The Morgan fingerprint density at radius 1 is 1.28 bits per heavy atom. The molecule has 4 rings (SSSR count).